The van der Waals surface area contributed by atoms with Crippen LogP contribution in [0.2, 0.25) is 0 Å². The van der Waals surface area contributed by atoms with Gasteiger partial charge >= 0.3 is 0 Å². The number of carbonyl (C=O) groups excluding carboxylic acids is 1. The lowest BCUT2D eigenvalue weighted by atomic mass is 10.0. The van der Waals surface area contributed by atoms with Gasteiger partial charge in [0.2, 0.25) is 5.91 Å². The van der Waals surface area contributed by atoms with E-state index in [1.807, 2.05) is 11.9 Å². The molecule has 90 valence electrons. The summed E-state index contributed by atoms with van der Waals surface area (Å²) in [6, 6.07) is 0.302. The number of amides is 1. The highest BCUT2D eigenvalue weighted by Crippen LogP contribution is 2.10. The Morgan fingerprint density at radius 1 is 1.33 bits per heavy atom. The van der Waals surface area contributed by atoms with Crippen LogP contribution in [0, 0.1) is 5.92 Å². The van der Waals surface area contributed by atoms with E-state index in [4.69, 9.17) is 5.73 Å². The molecule has 0 aromatic carbocycles. The van der Waals surface area contributed by atoms with Crippen molar-refractivity contribution < 1.29 is 4.79 Å². The second-order valence-corrected chi connectivity index (χ2v) is 4.74. The maximum absolute atomic E-state index is 11.8. The second-order valence-electron chi connectivity index (χ2n) is 4.74. The zero-order chi connectivity index (χ0) is 12.0. The lowest BCUT2D eigenvalue weighted by Crippen LogP contribution is -2.40. The molecule has 0 saturated carbocycles. The summed E-state index contributed by atoms with van der Waals surface area (Å²) in [5.74, 6) is 0.651. The van der Waals surface area contributed by atoms with Crippen molar-refractivity contribution >= 4 is 5.91 Å². The maximum atomic E-state index is 11.8. The first-order valence-electron chi connectivity index (χ1n) is 5.91. The summed E-state index contributed by atoms with van der Waals surface area (Å²) in [5, 5.41) is 0. The molecule has 3 heteroatoms. The fourth-order valence-corrected chi connectivity index (χ4v) is 1.52. The maximum Gasteiger partial charge on any atom is 0.224 e. The van der Waals surface area contributed by atoms with Gasteiger partial charge in [-0.2, -0.15) is 0 Å². The zero-order valence-electron chi connectivity index (χ0n) is 10.8. The average Bonchev–Trinajstić information content (AvgIpc) is 2.15. The zero-order valence-corrected chi connectivity index (χ0v) is 10.8. The van der Waals surface area contributed by atoms with Crippen molar-refractivity contribution in [2.24, 2.45) is 11.7 Å². The van der Waals surface area contributed by atoms with Gasteiger partial charge in [0.25, 0.3) is 0 Å². The Hall–Kier alpha value is -0.570. The Kier molecular flexibility index (Phi) is 6.57. The fourth-order valence-electron chi connectivity index (χ4n) is 1.52. The molecule has 0 heterocycles. The molecule has 0 aliphatic rings. The molecule has 0 aliphatic carbocycles. The second kappa shape index (κ2) is 6.83. The molecule has 0 saturated heterocycles. The van der Waals surface area contributed by atoms with E-state index < -0.39 is 0 Å². The molecule has 0 aromatic heterocycles. The Balaban J connectivity index is 4.09. The summed E-state index contributed by atoms with van der Waals surface area (Å²) in [6.07, 6.45) is 2.44. The molecular formula is C12H26N2O. The molecule has 3 nitrogen and oxygen atoms in total. The van der Waals surface area contributed by atoms with Gasteiger partial charge in [-0.1, -0.05) is 27.2 Å². The summed E-state index contributed by atoms with van der Waals surface area (Å²) in [6.45, 7) is 8.42. The monoisotopic (exact) mass is 214 g/mol. The largest absolute Gasteiger partial charge is 0.343 e. The van der Waals surface area contributed by atoms with E-state index in [1.165, 1.54) is 0 Å². The molecule has 2 atom stereocenters. The predicted molar refractivity (Wildman–Crippen MR) is 64.6 cm³/mol. The van der Waals surface area contributed by atoms with E-state index in [1.54, 1.807) is 0 Å². The average molecular weight is 214 g/mol. The highest BCUT2D eigenvalue weighted by molar-refractivity contribution is 5.76. The number of hydrogen-bond acceptors (Lipinski definition) is 2. The Bertz CT molecular complexity index is 192. The van der Waals surface area contributed by atoms with Crippen molar-refractivity contribution in [1.82, 2.24) is 4.90 Å². The van der Waals surface area contributed by atoms with Crippen molar-refractivity contribution in [3.8, 4) is 0 Å². The van der Waals surface area contributed by atoms with Crippen LogP contribution >= 0.6 is 0 Å². The van der Waals surface area contributed by atoms with Gasteiger partial charge in [-0.05, 0) is 19.3 Å². The van der Waals surface area contributed by atoms with Crippen molar-refractivity contribution in [3.63, 3.8) is 0 Å². The molecule has 0 aliphatic heterocycles. The molecule has 2 unspecified atom stereocenters. The first-order chi connectivity index (χ1) is 6.90. The van der Waals surface area contributed by atoms with Crippen LogP contribution in [0.15, 0.2) is 0 Å². The summed E-state index contributed by atoms with van der Waals surface area (Å²) in [4.78, 5) is 13.6. The van der Waals surface area contributed by atoms with Crippen molar-refractivity contribution in [2.75, 3.05) is 7.05 Å². The molecule has 0 aromatic rings. The van der Waals surface area contributed by atoms with Crippen LogP contribution in [0.5, 0.6) is 0 Å². The number of nitrogens with two attached hydrogens (primary N) is 1. The number of hydrogen-bond donors (Lipinski definition) is 1. The van der Waals surface area contributed by atoms with Gasteiger partial charge in [-0.3, -0.25) is 4.79 Å². The highest BCUT2D eigenvalue weighted by Gasteiger charge is 2.19. The molecule has 0 spiro atoms. The third kappa shape index (κ3) is 5.17. The number of nitrogens with zero attached hydrogens (tertiary/aromatic N) is 1. The summed E-state index contributed by atoms with van der Waals surface area (Å²) < 4.78 is 0. The molecule has 2 N–H and O–H groups in total. The summed E-state index contributed by atoms with van der Waals surface area (Å²) in [7, 11) is 1.87. The minimum Gasteiger partial charge on any atom is -0.343 e. The van der Waals surface area contributed by atoms with Crippen LogP contribution in [0.25, 0.3) is 0 Å². The third-order valence-corrected chi connectivity index (χ3v) is 3.07. The van der Waals surface area contributed by atoms with Crippen LogP contribution in [0.1, 0.15) is 47.0 Å². The van der Waals surface area contributed by atoms with Gasteiger partial charge in [0.15, 0.2) is 0 Å². The standard InChI is InChI=1S/C12H26N2O/c1-6-7-11(13)8-12(15)14(5)10(4)9(2)3/h9-11H,6-8,13H2,1-5H3. The van der Waals surface area contributed by atoms with Crippen LogP contribution in [-0.2, 0) is 4.79 Å². The SMILES string of the molecule is CCCC(N)CC(=O)N(C)C(C)C(C)C. The van der Waals surface area contributed by atoms with Crippen molar-refractivity contribution in [3.05, 3.63) is 0 Å². The minimum atomic E-state index is 0.0179. The van der Waals surface area contributed by atoms with Gasteiger partial charge < -0.3 is 10.6 Å². The molecule has 0 bridgehead atoms. The van der Waals surface area contributed by atoms with Gasteiger partial charge in [-0.15, -0.1) is 0 Å². The third-order valence-electron chi connectivity index (χ3n) is 3.07. The topological polar surface area (TPSA) is 46.3 Å². The molecule has 0 fully saturated rings. The highest BCUT2D eigenvalue weighted by atomic mass is 16.2. The van der Waals surface area contributed by atoms with Gasteiger partial charge in [0, 0.05) is 25.6 Å². The fraction of sp³-hybridized carbons (Fsp3) is 0.917. The van der Waals surface area contributed by atoms with E-state index in [0.717, 1.165) is 12.8 Å². The molecule has 15 heavy (non-hydrogen) atoms. The van der Waals surface area contributed by atoms with Crippen LogP contribution in [0.4, 0.5) is 0 Å². The minimum absolute atomic E-state index is 0.0179. The Labute approximate surface area is 94.0 Å². The molecular weight excluding hydrogens is 188 g/mol. The van der Waals surface area contributed by atoms with Crippen LogP contribution < -0.4 is 5.73 Å². The first kappa shape index (κ1) is 14.4. The van der Waals surface area contributed by atoms with Gasteiger partial charge in [0.05, 0.1) is 0 Å². The van der Waals surface area contributed by atoms with E-state index in [9.17, 15) is 4.79 Å². The summed E-state index contributed by atoms with van der Waals surface area (Å²) >= 11 is 0. The molecule has 0 rings (SSSR count). The Morgan fingerprint density at radius 2 is 1.87 bits per heavy atom. The predicted octanol–water partition coefficient (Wildman–Crippen LogP) is 2.01. The van der Waals surface area contributed by atoms with Gasteiger partial charge in [-0.25, -0.2) is 0 Å². The van der Waals surface area contributed by atoms with Crippen LogP contribution in [-0.4, -0.2) is 29.9 Å². The van der Waals surface area contributed by atoms with E-state index in [0.29, 0.717) is 12.3 Å². The van der Waals surface area contributed by atoms with Gasteiger partial charge in [0.1, 0.15) is 0 Å². The number of rotatable bonds is 6. The van der Waals surface area contributed by atoms with Crippen molar-refractivity contribution in [2.45, 2.75) is 59.0 Å². The normalized spacial score (nSPS) is 15.1. The molecule has 1 amide bonds. The van der Waals surface area contributed by atoms with E-state index >= 15 is 0 Å². The lowest BCUT2D eigenvalue weighted by Gasteiger charge is -2.29. The summed E-state index contributed by atoms with van der Waals surface area (Å²) in [5.41, 5.74) is 5.85. The Morgan fingerprint density at radius 3 is 2.27 bits per heavy atom. The molecule has 0 radical (unpaired) electrons. The smallest absolute Gasteiger partial charge is 0.224 e. The van der Waals surface area contributed by atoms with Crippen molar-refractivity contribution in [1.29, 1.82) is 0 Å². The quantitative estimate of drug-likeness (QED) is 0.735. The van der Waals surface area contributed by atoms with E-state index in [2.05, 4.69) is 27.7 Å². The van der Waals surface area contributed by atoms with Crippen LogP contribution in [0.3, 0.4) is 0 Å². The van der Waals surface area contributed by atoms with E-state index in [-0.39, 0.29) is 18.0 Å². The first-order valence-corrected chi connectivity index (χ1v) is 5.91. The lowest BCUT2D eigenvalue weighted by molar-refractivity contribution is -0.132. The number of carbonyl (C=O) groups is 1.